The molecule has 6 nitrogen and oxygen atoms in total. The third-order valence-electron chi connectivity index (χ3n) is 3.96. The van der Waals surface area contributed by atoms with Crippen LogP contribution >= 0.6 is 11.3 Å². The van der Waals surface area contributed by atoms with E-state index >= 15 is 0 Å². The number of thiazole rings is 1. The molecular formula is C17H21N3O3S. The Morgan fingerprint density at radius 3 is 3.04 bits per heavy atom. The maximum Gasteiger partial charge on any atom is 0.270 e. The van der Waals surface area contributed by atoms with Gasteiger partial charge in [-0.2, -0.15) is 0 Å². The van der Waals surface area contributed by atoms with E-state index in [1.54, 1.807) is 5.38 Å². The maximum atomic E-state index is 12.1. The molecule has 1 amide bonds. The first kappa shape index (κ1) is 16.7. The highest BCUT2D eigenvalue weighted by atomic mass is 32.1. The lowest BCUT2D eigenvalue weighted by Crippen LogP contribution is -2.32. The van der Waals surface area contributed by atoms with Crippen LogP contribution in [0.3, 0.4) is 0 Å². The Labute approximate surface area is 145 Å². The van der Waals surface area contributed by atoms with Gasteiger partial charge in [-0.05, 0) is 25.0 Å². The number of carbonyl (C=O) groups excluding carboxylic acids is 1. The fraction of sp³-hybridized carbons (Fsp3) is 0.412. The number of aliphatic hydroxyl groups is 1. The molecule has 0 aliphatic carbocycles. The molecule has 3 rings (SSSR count). The zero-order valence-electron chi connectivity index (χ0n) is 13.4. The Bertz CT molecular complexity index is 662. The van der Waals surface area contributed by atoms with Gasteiger partial charge in [-0.1, -0.05) is 18.2 Å². The van der Waals surface area contributed by atoms with E-state index in [-0.39, 0.29) is 18.6 Å². The van der Waals surface area contributed by atoms with Gasteiger partial charge in [-0.15, -0.1) is 11.3 Å². The first-order valence-corrected chi connectivity index (χ1v) is 8.95. The summed E-state index contributed by atoms with van der Waals surface area (Å²) in [6.07, 6.45) is 2.01. The molecule has 2 heterocycles. The molecule has 7 heteroatoms. The summed E-state index contributed by atoms with van der Waals surface area (Å²) >= 11 is 1.44. The lowest BCUT2D eigenvalue weighted by molar-refractivity contribution is 0.0942. The molecule has 1 fully saturated rings. The largest absolute Gasteiger partial charge is 0.492 e. The monoisotopic (exact) mass is 347 g/mol. The van der Waals surface area contributed by atoms with E-state index in [4.69, 9.17) is 4.74 Å². The zero-order valence-corrected chi connectivity index (χ0v) is 14.2. The van der Waals surface area contributed by atoms with Crippen molar-refractivity contribution in [1.82, 2.24) is 10.3 Å². The molecule has 24 heavy (non-hydrogen) atoms. The first-order chi connectivity index (χ1) is 11.8. The second kappa shape index (κ2) is 8.12. The van der Waals surface area contributed by atoms with E-state index in [1.807, 2.05) is 30.3 Å². The Hall–Kier alpha value is -2.12. The van der Waals surface area contributed by atoms with Crippen molar-refractivity contribution >= 4 is 22.4 Å². The summed E-state index contributed by atoms with van der Waals surface area (Å²) in [7, 11) is 0. The first-order valence-electron chi connectivity index (χ1n) is 8.07. The number of nitrogens with zero attached hydrogens (tertiary/aromatic N) is 2. The number of amides is 1. The standard InChI is InChI=1S/C17H21N3O3S/c21-11-13-5-4-9-20(13)17-19-15(12-24-17)16(22)18-8-10-23-14-6-2-1-3-7-14/h1-3,6-7,12-13,21H,4-5,8-11H2,(H,18,22). The summed E-state index contributed by atoms with van der Waals surface area (Å²) in [5.74, 6) is 0.584. The third kappa shape index (κ3) is 4.04. The Balaban J connectivity index is 1.47. The number of hydrogen-bond donors (Lipinski definition) is 2. The van der Waals surface area contributed by atoms with E-state index < -0.39 is 0 Å². The van der Waals surface area contributed by atoms with Crippen molar-refractivity contribution in [3.63, 3.8) is 0 Å². The van der Waals surface area contributed by atoms with Crippen LogP contribution in [-0.4, -0.2) is 48.3 Å². The smallest absolute Gasteiger partial charge is 0.270 e. The molecule has 0 bridgehead atoms. The molecule has 1 aromatic heterocycles. The maximum absolute atomic E-state index is 12.1. The average molecular weight is 347 g/mol. The van der Waals surface area contributed by atoms with Gasteiger partial charge in [-0.3, -0.25) is 4.79 Å². The molecule has 1 aromatic carbocycles. The van der Waals surface area contributed by atoms with Gasteiger partial charge in [0.25, 0.3) is 5.91 Å². The summed E-state index contributed by atoms with van der Waals surface area (Å²) in [6, 6.07) is 9.61. The summed E-state index contributed by atoms with van der Waals surface area (Å²) in [5, 5.41) is 14.8. The number of carbonyl (C=O) groups is 1. The van der Waals surface area contributed by atoms with Crippen molar-refractivity contribution < 1.29 is 14.6 Å². The fourth-order valence-electron chi connectivity index (χ4n) is 2.72. The quantitative estimate of drug-likeness (QED) is 0.749. The molecule has 1 aliphatic rings. The van der Waals surface area contributed by atoms with E-state index in [0.29, 0.717) is 18.8 Å². The van der Waals surface area contributed by atoms with E-state index in [9.17, 15) is 9.90 Å². The lowest BCUT2D eigenvalue weighted by Gasteiger charge is -2.21. The van der Waals surface area contributed by atoms with Crippen LogP contribution in [0.15, 0.2) is 35.7 Å². The van der Waals surface area contributed by atoms with Crippen LogP contribution < -0.4 is 15.0 Å². The summed E-state index contributed by atoms with van der Waals surface area (Å²) in [5.41, 5.74) is 0.415. The number of aromatic nitrogens is 1. The van der Waals surface area contributed by atoms with Gasteiger partial charge in [0.05, 0.1) is 19.2 Å². The Morgan fingerprint density at radius 2 is 2.25 bits per heavy atom. The molecule has 1 aliphatic heterocycles. The lowest BCUT2D eigenvalue weighted by atomic mass is 10.2. The molecule has 1 unspecified atom stereocenters. The second-order valence-corrected chi connectivity index (χ2v) is 6.44. The molecule has 128 valence electrons. The van der Waals surface area contributed by atoms with Crippen LogP contribution in [0.25, 0.3) is 0 Å². The van der Waals surface area contributed by atoms with Crippen molar-refractivity contribution in [2.45, 2.75) is 18.9 Å². The predicted octanol–water partition coefficient (Wildman–Crippen LogP) is 1.91. The fourth-order valence-corrected chi connectivity index (χ4v) is 3.62. The SMILES string of the molecule is O=C(NCCOc1ccccc1)c1csc(N2CCCC2CO)n1. The van der Waals surface area contributed by atoms with Crippen LogP contribution in [0.4, 0.5) is 5.13 Å². The van der Waals surface area contributed by atoms with Crippen molar-refractivity contribution in [2.75, 3.05) is 31.2 Å². The number of aliphatic hydroxyl groups excluding tert-OH is 1. The van der Waals surface area contributed by atoms with E-state index in [0.717, 1.165) is 30.3 Å². The van der Waals surface area contributed by atoms with Gasteiger partial charge >= 0.3 is 0 Å². The Kier molecular flexibility index (Phi) is 5.66. The molecule has 2 N–H and O–H groups in total. The molecule has 0 radical (unpaired) electrons. The number of nitrogens with one attached hydrogen (secondary N) is 1. The van der Waals surface area contributed by atoms with Crippen molar-refractivity contribution in [1.29, 1.82) is 0 Å². The predicted molar refractivity (Wildman–Crippen MR) is 93.8 cm³/mol. The Morgan fingerprint density at radius 1 is 1.42 bits per heavy atom. The van der Waals surface area contributed by atoms with Crippen LogP contribution in [0, 0.1) is 0 Å². The third-order valence-corrected chi connectivity index (χ3v) is 4.84. The van der Waals surface area contributed by atoms with Gasteiger partial charge in [0, 0.05) is 11.9 Å². The molecule has 0 spiro atoms. The molecule has 1 atom stereocenters. The normalized spacial score (nSPS) is 17.0. The number of para-hydroxylation sites is 1. The zero-order chi connectivity index (χ0) is 16.8. The molecular weight excluding hydrogens is 326 g/mol. The number of hydrogen-bond acceptors (Lipinski definition) is 6. The summed E-state index contributed by atoms with van der Waals surface area (Å²) in [4.78, 5) is 18.6. The summed E-state index contributed by atoms with van der Waals surface area (Å²) in [6.45, 7) is 1.83. The second-order valence-electron chi connectivity index (χ2n) is 5.60. The molecule has 2 aromatic rings. The van der Waals surface area contributed by atoms with Gasteiger partial charge < -0.3 is 20.1 Å². The van der Waals surface area contributed by atoms with E-state index in [2.05, 4.69) is 15.2 Å². The molecule has 0 saturated carbocycles. The minimum absolute atomic E-state index is 0.117. The highest BCUT2D eigenvalue weighted by Gasteiger charge is 2.26. The minimum Gasteiger partial charge on any atom is -0.492 e. The minimum atomic E-state index is -0.200. The molecule has 1 saturated heterocycles. The highest BCUT2D eigenvalue weighted by Crippen LogP contribution is 2.28. The van der Waals surface area contributed by atoms with Crippen LogP contribution in [0.1, 0.15) is 23.3 Å². The van der Waals surface area contributed by atoms with Gasteiger partial charge in [0.2, 0.25) is 0 Å². The van der Waals surface area contributed by atoms with Gasteiger partial charge in [0.1, 0.15) is 18.1 Å². The average Bonchev–Trinajstić information content (AvgIpc) is 3.27. The van der Waals surface area contributed by atoms with Gasteiger partial charge in [-0.25, -0.2) is 4.98 Å². The van der Waals surface area contributed by atoms with E-state index in [1.165, 1.54) is 11.3 Å². The number of ether oxygens (including phenoxy) is 1. The highest BCUT2D eigenvalue weighted by molar-refractivity contribution is 7.14. The summed E-state index contributed by atoms with van der Waals surface area (Å²) < 4.78 is 5.54. The van der Waals surface area contributed by atoms with Crippen LogP contribution in [0.5, 0.6) is 5.75 Å². The topological polar surface area (TPSA) is 74.7 Å². The number of rotatable bonds is 7. The van der Waals surface area contributed by atoms with Crippen LogP contribution in [-0.2, 0) is 0 Å². The number of anilines is 1. The van der Waals surface area contributed by atoms with Crippen LogP contribution in [0.2, 0.25) is 0 Å². The van der Waals surface area contributed by atoms with Crippen molar-refractivity contribution in [3.8, 4) is 5.75 Å². The van der Waals surface area contributed by atoms with Crippen molar-refractivity contribution in [3.05, 3.63) is 41.4 Å². The van der Waals surface area contributed by atoms with Gasteiger partial charge in [0.15, 0.2) is 5.13 Å². The number of benzene rings is 1. The van der Waals surface area contributed by atoms with Crippen molar-refractivity contribution in [2.24, 2.45) is 0 Å².